The average molecular weight is 316 g/mol. The molecule has 2 aromatic rings. The van der Waals surface area contributed by atoms with Crippen molar-refractivity contribution in [1.82, 2.24) is 25.0 Å². The van der Waals surface area contributed by atoms with Gasteiger partial charge in [0.25, 0.3) is 0 Å². The summed E-state index contributed by atoms with van der Waals surface area (Å²) in [7, 11) is 4.03. The van der Waals surface area contributed by atoms with Crippen LogP contribution in [0.1, 0.15) is 36.8 Å². The van der Waals surface area contributed by atoms with E-state index in [4.69, 9.17) is 4.52 Å². The highest BCUT2D eigenvalue weighted by atomic mass is 16.5. The molecule has 0 atom stereocenters. The lowest BCUT2D eigenvalue weighted by Gasteiger charge is -2.29. The van der Waals surface area contributed by atoms with Gasteiger partial charge in [-0.25, -0.2) is 9.97 Å². The second kappa shape index (κ2) is 6.62. The van der Waals surface area contributed by atoms with Crippen LogP contribution in [-0.2, 0) is 25.9 Å². The molecule has 0 fully saturated rings. The van der Waals surface area contributed by atoms with E-state index in [1.807, 2.05) is 19.0 Å². The third-order valence-corrected chi connectivity index (χ3v) is 3.94. The van der Waals surface area contributed by atoms with E-state index in [9.17, 15) is 0 Å². The molecule has 7 heteroatoms. The molecule has 0 aliphatic carbocycles. The van der Waals surface area contributed by atoms with Gasteiger partial charge in [-0.1, -0.05) is 19.0 Å². The molecule has 0 unspecified atom stereocenters. The van der Waals surface area contributed by atoms with Gasteiger partial charge in [-0.2, -0.15) is 4.98 Å². The molecule has 3 rings (SSSR count). The molecule has 0 aromatic carbocycles. The van der Waals surface area contributed by atoms with Crippen LogP contribution in [0.2, 0.25) is 0 Å². The monoisotopic (exact) mass is 316 g/mol. The molecule has 0 amide bonds. The van der Waals surface area contributed by atoms with E-state index >= 15 is 0 Å². The second-order valence-corrected chi connectivity index (χ2v) is 6.68. The summed E-state index contributed by atoms with van der Waals surface area (Å²) in [4.78, 5) is 17.7. The maximum atomic E-state index is 5.33. The normalized spacial score (nSPS) is 15.0. The number of fused-ring (bicyclic) bond motifs is 1. The van der Waals surface area contributed by atoms with Crippen molar-refractivity contribution in [2.75, 3.05) is 25.5 Å². The van der Waals surface area contributed by atoms with Gasteiger partial charge in [-0.3, -0.25) is 4.90 Å². The van der Waals surface area contributed by atoms with Crippen LogP contribution in [0.4, 0.5) is 5.82 Å². The summed E-state index contributed by atoms with van der Waals surface area (Å²) in [5.74, 6) is 3.00. The number of nitrogens with zero attached hydrogens (tertiary/aromatic N) is 6. The van der Waals surface area contributed by atoms with E-state index in [0.717, 1.165) is 49.2 Å². The van der Waals surface area contributed by atoms with Crippen molar-refractivity contribution in [3.05, 3.63) is 29.3 Å². The lowest BCUT2D eigenvalue weighted by Crippen LogP contribution is -2.32. The van der Waals surface area contributed by atoms with Crippen molar-refractivity contribution >= 4 is 5.82 Å². The van der Waals surface area contributed by atoms with Crippen molar-refractivity contribution in [2.24, 2.45) is 5.92 Å². The number of aromatic nitrogens is 4. The minimum absolute atomic E-state index is 0.518. The number of hydrogen-bond acceptors (Lipinski definition) is 7. The highest BCUT2D eigenvalue weighted by Gasteiger charge is 2.23. The van der Waals surface area contributed by atoms with Crippen LogP contribution in [0.3, 0.4) is 0 Å². The minimum Gasteiger partial charge on any atom is -0.362 e. The predicted molar refractivity (Wildman–Crippen MR) is 87.0 cm³/mol. The standard InChI is InChI=1S/C16H24N6O/c1-11(2)7-15-19-14(20-23-15)9-22-6-5-13-12(8-22)16(21(3)4)18-10-17-13/h10-11H,5-9H2,1-4H3. The zero-order valence-corrected chi connectivity index (χ0v) is 14.3. The first-order valence-corrected chi connectivity index (χ1v) is 8.07. The lowest BCUT2D eigenvalue weighted by atomic mass is 10.1. The molecule has 7 nitrogen and oxygen atoms in total. The molecule has 0 N–H and O–H groups in total. The maximum absolute atomic E-state index is 5.33. The fraction of sp³-hybridized carbons (Fsp3) is 0.625. The zero-order valence-electron chi connectivity index (χ0n) is 14.3. The quantitative estimate of drug-likeness (QED) is 0.831. The molecule has 2 aromatic heterocycles. The predicted octanol–water partition coefficient (Wildman–Crippen LogP) is 1.68. The molecule has 1 aliphatic rings. The van der Waals surface area contributed by atoms with E-state index in [1.165, 1.54) is 5.56 Å². The average Bonchev–Trinajstić information content (AvgIpc) is 2.92. The van der Waals surface area contributed by atoms with Crippen LogP contribution in [-0.4, -0.2) is 45.6 Å². The number of hydrogen-bond donors (Lipinski definition) is 0. The van der Waals surface area contributed by atoms with Crippen LogP contribution in [0.25, 0.3) is 0 Å². The first-order valence-electron chi connectivity index (χ1n) is 8.07. The maximum Gasteiger partial charge on any atom is 0.226 e. The fourth-order valence-electron chi connectivity index (χ4n) is 2.89. The molecule has 124 valence electrons. The molecule has 3 heterocycles. The Morgan fingerprint density at radius 1 is 1.30 bits per heavy atom. The Bertz CT molecular complexity index is 666. The van der Waals surface area contributed by atoms with Crippen LogP contribution in [0.5, 0.6) is 0 Å². The highest BCUT2D eigenvalue weighted by molar-refractivity contribution is 5.48. The van der Waals surface area contributed by atoms with Crippen molar-refractivity contribution in [3.8, 4) is 0 Å². The SMILES string of the molecule is CC(C)Cc1nc(CN2CCc3ncnc(N(C)C)c3C2)no1. The second-order valence-electron chi connectivity index (χ2n) is 6.68. The van der Waals surface area contributed by atoms with Crippen LogP contribution >= 0.6 is 0 Å². The van der Waals surface area contributed by atoms with Crippen molar-refractivity contribution in [2.45, 2.75) is 39.8 Å². The number of rotatable bonds is 5. The van der Waals surface area contributed by atoms with Gasteiger partial charge in [0.2, 0.25) is 5.89 Å². The Kier molecular flexibility index (Phi) is 4.56. The third kappa shape index (κ3) is 3.67. The van der Waals surface area contributed by atoms with Gasteiger partial charge in [0.05, 0.1) is 12.2 Å². The lowest BCUT2D eigenvalue weighted by molar-refractivity contribution is 0.233. The van der Waals surface area contributed by atoms with Gasteiger partial charge in [-0.05, 0) is 5.92 Å². The summed E-state index contributed by atoms with van der Waals surface area (Å²) in [6.45, 7) is 6.76. The molecular formula is C16H24N6O. The van der Waals surface area contributed by atoms with Gasteiger partial charge in [-0.15, -0.1) is 0 Å². The zero-order chi connectivity index (χ0) is 16.4. The molecule has 0 radical (unpaired) electrons. The molecule has 0 saturated heterocycles. The number of anilines is 1. The van der Waals surface area contributed by atoms with Crippen molar-refractivity contribution < 1.29 is 4.52 Å². The summed E-state index contributed by atoms with van der Waals surface area (Å²) >= 11 is 0. The van der Waals surface area contributed by atoms with Gasteiger partial charge in [0.1, 0.15) is 12.1 Å². The van der Waals surface area contributed by atoms with Crippen molar-refractivity contribution in [3.63, 3.8) is 0 Å². The Labute approximate surface area is 136 Å². The molecule has 0 spiro atoms. The topological polar surface area (TPSA) is 71.2 Å². The summed E-state index contributed by atoms with van der Waals surface area (Å²) in [6.07, 6.45) is 3.41. The van der Waals surface area contributed by atoms with E-state index in [0.29, 0.717) is 12.5 Å². The Morgan fingerprint density at radius 2 is 2.13 bits per heavy atom. The molecular weight excluding hydrogens is 292 g/mol. The van der Waals surface area contributed by atoms with E-state index in [-0.39, 0.29) is 0 Å². The van der Waals surface area contributed by atoms with Gasteiger partial charge >= 0.3 is 0 Å². The minimum atomic E-state index is 0.518. The van der Waals surface area contributed by atoms with E-state index < -0.39 is 0 Å². The Morgan fingerprint density at radius 3 is 2.87 bits per heavy atom. The Hall–Kier alpha value is -2.02. The summed E-state index contributed by atoms with van der Waals surface area (Å²) < 4.78 is 5.33. The smallest absolute Gasteiger partial charge is 0.226 e. The van der Waals surface area contributed by atoms with E-state index in [1.54, 1.807) is 6.33 Å². The third-order valence-electron chi connectivity index (χ3n) is 3.94. The van der Waals surface area contributed by atoms with Crippen LogP contribution < -0.4 is 4.90 Å². The Balaban J connectivity index is 1.71. The molecule has 1 aliphatic heterocycles. The van der Waals surface area contributed by atoms with Gasteiger partial charge < -0.3 is 9.42 Å². The first kappa shape index (κ1) is 15.9. The van der Waals surface area contributed by atoms with Gasteiger partial charge in [0.15, 0.2) is 5.82 Å². The van der Waals surface area contributed by atoms with Crippen molar-refractivity contribution in [1.29, 1.82) is 0 Å². The molecule has 23 heavy (non-hydrogen) atoms. The highest BCUT2D eigenvalue weighted by Crippen LogP contribution is 2.25. The summed E-state index contributed by atoms with van der Waals surface area (Å²) in [5.41, 5.74) is 2.35. The largest absolute Gasteiger partial charge is 0.362 e. The first-order chi connectivity index (χ1) is 11.0. The van der Waals surface area contributed by atoms with Crippen LogP contribution in [0.15, 0.2) is 10.9 Å². The fourth-order valence-corrected chi connectivity index (χ4v) is 2.89. The molecule has 0 bridgehead atoms. The molecule has 0 saturated carbocycles. The summed E-state index contributed by atoms with van der Waals surface area (Å²) in [5, 5.41) is 4.11. The summed E-state index contributed by atoms with van der Waals surface area (Å²) in [6, 6.07) is 0. The van der Waals surface area contributed by atoms with Gasteiger partial charge in [0, 0.05) is 45.6 Å². The van der Waals surface area contributed by atoms with Crippen LogP contribution in [0, 0.1) is 5.92 Å². The van der Waals surface area contributed by atoms with E-state index in [2.05, 4.69) is 38.9 Å².